The summed E-state index contributed by atoms with van der Waals surface area (Å²) in [5.41, 5.74) is 0. The van der Waals surface area contributed by atoms with E-state index >= 15 is 0 Å². The fourth-order valence-electron chi connectivity index (χ4n) is 2.59. The van der Waals surface area contributed by atoms with Gasteiger partial charge in [-0.3, -0.25) is 9.59 Å². The lowest BCUT2D eigenvalue weighted by molar-refractivity contribution is -0.149. The molecule has 1 amide bonds. The number of sulfone groups is 1. The van der Waals surface area contributed by atoms with E-state index in [0.29, 0.717) is 12.8 Å². The molecule has 1 unspecified atom stereocenters. The Kier molecular flexibility index (Phi) is 5.34. The van der Waals surface area contributed by atoms with Crippen molar-refractivity contribution in [2.24, 2.45) is 11.8 Å². The molecule has 1 aliphatic rings. The van der Waals surface area contributed by atoms with Gasteiger partial charge in [0.1, 0.15) is 9.84 Å². The summed E-state index contributed by atoms with van der Waals surface area (Å²) in [4.78, 5) is 23.1. The number of carboxylic acids is 1. The van der Waals surface area contributed by atoms with Gasteiger partial charge in [0.25, 0.3) is 0 Å². The van der Waals surface area contributed by atoms with Crippen molar-refractivity contribution in [1.29, 1.82) is 0 Å². The topological polar surface area (TPSA) is 101 Å². The Morgan fingerprint density at radius 2 is 1.79 bits per heavy atom. The molecule has 1 rings (SSSR count). The first-order valence-electron chi connectivity index (χ1n) is 6.41. The molecular formula is C12H21NO5S. The summed E-state index contributed by atoms with van der Waals surface area (Å²) >= 11 is 0. The van der Waals surface area contributed by atoms with Crippen molar-refractivity contribution in [3.8, 4) is 0 Å². The SMILES string of the molecule is CC(CS(C)(=O)=O)NC(=O)[C@@H]1CCCC[C@@H]1C(=O)O. The maximum absolute atomic E-state index is 12.0. The largest absolute Gasteiger partial charge is 0.481 e. The summed E-state index contributed by atoms with van der Waals surface area (Å²) in [5, 5.41) is 11.7. The molecule has 6 nitrogen and oxygen atoms in total. The molecule has 0 aromatic heterocycles. The highest BCUT2D eigenvalue weighted by Crippen LogP contribution is 2.30. The second-order valence-corrected chi connectivity index (χ2v) is 7.52. The Balaban J connectivity index is 2.63. The highest BCUT2D eigenvalue weighted by molar-refractivity contribution is 7.90. The monoisotopic (exact) mass is 291 g/mol. The molecule has 110 valence electrons. The Bertz CT molecular complexity index is 445. The minimum absolute atomic E-state index is 0.136. The van der Waals surface area contributed by atoms with E-state index in [4.69, 9.17) is 5.11 Å². The van der Waals surface area contributed by atoms with E-state index in [9.17, 15) is 18.0 Å². The highest BCUT2D eigenvalue weighted by Gasteiger charge is 2.36. The molecule has 0 radical (unpaired) electrons. The zero-order chi connectivity index (χ0) is 14.6. The molecule has 1 aliphatic carbocycles. The minimum Gasteiger partial charge on any atom is -0.481 e. The summed E-state index contributed by atoms with van der Waals surface area (Å²) in [5.74, 6) is -2.63. The highest BCUT2D eigenvalue weighted by atomic mass is 32.2. The number of carbonyl (C=O) groups is 2. The van der Waals surface area contributed by atoms with Gasteiger partial charge < -0.3 is 10.4 Å². The lowest BCUT2D eigenvalue weighted by Gasteiger charge is -2.28. The van der Waals surface area contributed by atoms with Crippen molar-refractivity contribution in [2.45, 2.75) is 38.6 Å². The summed E-state index contributed by atoms with van der Waals surface area (Å²) in [7, 11) is -3.16. The second kappa shape index (κ2) is 6.36. The van der Waals surface area contributed by atoms with E-state index in [1.807, 2.05) is 0 Å². The van der Waals surface area contributed by atoms with E-state index in [1.54, 1.807) is 6.92 Å². The number of carboxylic acid groups (broad SMARTS) is 1. The van der Waals surface area contributed by atoms with Crippen LogP contribution >= 0.6 is 0 Å². The molecule has 0 aromatic rings. The van der Waals surface area contributed by atoms with Gasteiger partial charge >= 0.3 is 5.97 Å². The molecule has 1 fully saturated rings. The standard InChI is InChI=1S/C12H21NO5S/c1-8(7-19(2,17)18)13-11(14)9-5-3-4-6-10(9)12(15)16/h8-10H,3-7H2,1-2H3,(H,13,14)(H,15,16)/t8?,9-,10+/m1/s1. The molecule has 1 saturated carbocycles. The second-order valence-electron chi connectivity index (χ2n) is 5.34. The number of carbonyl (C=O) groups excluding carboxylic acids is 1. The third-order valence-electron chi connectivity index (χ3n) is 3.36. The van der Waals surface area contributed by atoms with Gasteiger partial charge in [0.15, 0.2) is 0 Å². The molecule has 0 bridgehead atoms. The molecule has 0 aromatic carbocycles. The van der Waals surface area contributed by atoms with Crippen molar-refractivity contribution in [3.05, 3.63) is 0 Å². The van der Waals surface area contributed by atoms with E-state index in [1.165, 1.54) is 0 Å². The van der Waals surface area contributed by atoms with Crippen LogP contribution < -0.4 is 5.32 Å². The van der Waals surface area contributed by atoms with Crippen LogP contribution in [-0.2, 0) is 19.4 Å². The third-order valence-corrected chi connectivity index (χ3v) is 4.47. The summed E-state index contributed by atoms with van der Waals surface area (Å²) in [6.07, 6.45) is 3.82. The van der Waals surface area contributed by atoms with Crippen LogP contribution in [0.4, 0.5) is 0 Å². The van der Waals surface area contributed by atoms with Crippen LogP contribution in [0, 0.1) is 11.8 Å². The minimum atomic E-state index is -3.16. The van der Waals surface area contributed by atoms with Gasteiger partial charge in [0.05, 0.1) is 17.6 Å². The van der Waals surface area contributed by atoms with E-state index in [2.05, 4.69) is 5.32 Å². The van der Waals surface area contributed by atoms with Gasteiger partial charge in [0, 0.05) is 12.3 Å². The quantitative estimate of drug-likeness (QED) is 0.765. The lowest BCUT2D eigenvalue weighted by atomic mass is 9.78. The van der Waals surface area contributed by atoms with Crippen molar-refractivity contribution in [3.63, 3.8) is 0 Å². The van der Waals surface area contributed by atoms with Gasteiger partial charge in [-0.2, -0.15) is 0 Å². The molecular weight excluding hydrogens is 270 g/mol. The van der Waals surface area contributed by atoms with Gasteiger partial charge in [0.2, 0.25) is 5.91 Å². The Morgan fingerprint density at radius 3 is 2.26 bits per heavy atom. The summed E-state index contributed by atoms with van der Waals surface area (Å²) in [6.45, 7) is 1.61. The Hall–Kier alpha value is -1.11. The van der Waals surface area contributed by atoms with Gasteiger partial charge in [-0.25, -0.2) is 8.42 Å². The van der Waals surface area contributed by atoms with Crippen molar-refractivity contribution >= 4 is 21.7 Å². The zero-order valence-corrected chi connectivity index (χ0v) is 12.1. The summed E-state index contributed by atoms with van der Waals surface area (Å²) < 4.78 is 22.3. The number of amides is 1. The maximum atomic E-state index is 12.0. The predicted octanol–water partition coefficient (Wildman–Crippen LogP) is 0.427. The predicted molar refractivity (Wildman–Crippen MR) is 70.4 cm³/mol. The van der Waals surface area contributed by atoms with Crippen LogP contribution in [0.5, 0.6) is 0 Å². The number of hydrogen-bond acceptors (Lipinski definition) is 4. The van der Waals surface area contributed by atoms with Crippen LogP contribution in [0.15, 0.2) is 0 Å². The first kappa shape index (κ1) is 15.9. The number of hydrogen-bond donors (Lipinski definition) is 2. The Morgan fingerprint density at radius 1 is 1.26 bits per heavy atom. The van der Waals surface area contributed by atoms with Crippen molar-refractivity contribution in [2.75, 3.05) is 12.0 Å². The maximum Gasteiger partial charge on any atom is 0.307 e. The first-order chi connectivity index (χ1) is 8.70. The normalized spacial score (nSPS) is 25.6. The molecule has 0 spiro atoms. The van der Waals surface area contributed by atoms with Gasteiger partial charge in [-0.1, -0.05) is 12.8 Å². The Labute approximate surface area is 113 Å². The van der Waals surface area contributed by atoms with Crippen LogP contribution in [0.2, 0.25) is 0 Å². The third kappa shape index (κ3) is 5.18. The molecule has 0 saturated heterocycles. The van der Waals surface area contributed by atoms with E-state index < -0.39 is 33.7 Å². The van der Waals surface area contributed by atoms with Crippen LogP contribution in [-0.4, -0.2) is 43.5 Å². The van der Waals surface area contributed by atoms with Crippen molar-refractivity contribution in [1.82, 2.24) is 5.32 Å². The number of aliphatic carboxylic acids is 1. The van der Waals surface area contributed by atoms with Gasteiger partial charge in [-0.15, -0.1) is 0 Å². The summed E-state index contributed by atoms with van der Waals surface area (Å²) in [6, 6.07) is -0.501. The molecule has 3 atom stereocenters. The average Bonchev–Trinajstić information content (AvgIpc) is 2.26. The fourth-order valence-corrected chi connectivity index (χ4v) is 3.58. The zero-order valence-electron chi connectivity index (χ0n) is 11.3. The molecule has 0 aliphatic heterocycles. The molecule has 19 heavy (non-hydrogen) atoms. The van der Waals surface area contributed by atoms with Crippen LogP contribution in [0.3, 0.4) is 0 Å². The fraction of sp³-hybridized carbons (Fsp3) is 0.833. The number of rotatable bonds is 5. The van der Waals surface area contributed by atoms with Crippen LogP contribution in [0.25, 0.3) is 0 Å². The van der Waals surface area contributed by atoms with E-state index in [-0.39, 0.29) is 11.7 Å². The van der Waals surface area contributed by atoms with Gasteiger partial charge in [-0.05, 0) is 19.8 Å². The lowest BCUT2D eigenvalue weighted by Crippen LogP contribution is -2.45. The molecule has 0 heterocycles. The van der Waals surface area contributed by atoms with Crippen molar-refractivity contribution < 1.29 is 23.1 Å². The number of nitrogens with one attached hydrogen (secondary N) is 1. The molecule has 2 N–H and O–H groups in total. The molecule has 7 heteroatoms. The smallest absolute Gasteiger partial charge is 0.307 e. The van der Waals surface area contributed by atoms with E-state index in [0.717, 1.165) is 19.1 Å². The van der Waals surface area contributed by atoms with Crippen LogP contribution in [0.1, 0.15) is 32.6 Å². The first-order valence-corrected chi connectivity index (χ1v) is 8.47. The average molecular weight is 291 g/mol.